The Labute approximate surface area is 162 Å². The summed E-state index contributed by atoms with van der Waals surface area (Å²) >= 11 is 6.02. The number of amides is 1. The third-order valence-corrected chi connectivity index (χ3v) is 5.06. The Morgan fingerprint density at radius 3 is 3.15 bits per heavy atom. The number of hydrogen-bond acceptors (Lipinski definition) is 5. The summed E-state index contributed by atoms with van der Waals surface area (Å²) in [6.07, 6.45) is 2.53. The maximum Gasteiger partial charge on any atom is 0.298 e. The molecule has 3 heterocycles. The molecule has 0 bridgehead atoms. The molecule has 1 amide bonds. The topological polar surface area (TPSA) is 87.1 Å². The van der Waals surface area contributed by atoms with Crippen molar-refractivity contribution in [2.24, 2.45) is 5.92 Å². The smallest absolute Gasteiger partial charge is 0.298 e. The highest BCUT2D eigenvalue weighted by Gasteiger charge is 2.25. The Bertz CT molecular complexity index is 951. The first-order valence-electron chi connectivity index (χ1n) is 9.15. The fourth-order valence-electron chi connectivity index (χ4n) is 3.52. The molecular formula is C19H22ClN5O2. The van der Waals surface area contributed by atoms with Crippen molar-refractivity contribution in [1.82, 2.24) is 20.5 Å². The molecule has 1 fully saturated rings. The van der Waals surface area contributed by atoms with Crippen molar-refractivity contribution in [2.75, 3.05) is 18.0 Å². The van der Waals surface area contributed by atoms with Gasteiger partial charge in [0.25, 0.3) is 6.01 Å². The molecule has 1 unspecified atom stereocenters. The van der Waals surface area contributed by atoms with Crippen LogP contribution in [-0.4, -0.2) is 34.2 Å². The molecule has 4 rings (SSSR count). The van der Waals surface area contributed by atoms with Gasteiger partial charge in [-0.15, -0.1) is 0 Å². The maximum atomic E-state index is 12.3. The third kappa shape index (κ3) is 4.24. The molecule has 0 saturated carbocycles. The van der Waals surface area contributed by atoms with E-state index in [2.05, 4.69) is 25.4 Å². The summed E-state index contributed by atoms with van der Waals surface area (Å²) in [6, 6.07) is 7.97. The number of hydrogen-bond donors (Lipinski definition) is 2. The number of oxazole rings is 1. The second kappa shape index (κ2) is 7.60. The quantitative estimate of drug-likeness (QED) is 0.700. The lowest BCUT2D eigenvalue weighted by Gasteiger charge is -2.31. The van der Waals surface area contributed by atoms with Crippen molar-refractivity contribution in [2.45, 2.75) is 32.7 Å². The van der Waals surface area contributed by atoms with Crippen LogP contribution in [0, 0.1) is 12.8 Å². The molecule has 2 N–H and O–H groups in total. The van der Waals surface area contributed by atoms with Gasteiger partial charge in [0.2, 0.25) is 5.91 Å². The normalized spacial score (nSPS) is 17.4. The summed E-state index contributed by atoms with van der Waals surface area (Å²) in [5.41, 5.74) is 3.31. The predicted molar refractivity (Wildman–Crippen MR) is 104 cm³/mol. The Balaban J connectivity index is 1.35. The highest BCUT2D eigenvalue weighted by Crippen LogP contribution is 2.28. The van der Waals surface area contributed by atoms with Crippen molar-refractivity contribution in [1.29, 1.82) is 0 Å². The molecular weight excluding hydrogens is 366 g/mol. The molecule has 1 saturated heterocycles. The average Bonchev–Trinajstić information content (AvgIpc) is 3.26. The number of nitrogens with zero attached hydrogens (tertiary/aromatic N) is 3. The Morgan fingerprint density at radius 2 is 2.33 bits per heavy atom. The lowest BCUT2D eigenvalue weighted by molar-refractivity contribution is -0.122. The number of piperidine rings is 1. The van der Waals surface area contributed by atoms with Gasteiger partial charge in [0.05, 0.1) is 12.2 Å². The van der Waals surface area contributed by atoms with E-state index in [1.165, 1.54) is 0 Å². The number of anilines is 1. The first kappa shape index (κ1) is 17.9. The maximum absolute atomic E-state index is 12.3. The molecule has 2 aromatic heterocycles. The fourth-order valence-corrected chi connectivity index (χ4v) is 3.68. The van der Waals surface area contributed by atoms with E-state index >= 15 is 0 Å². The van der Waals surface area contributed by atoms with Gasteiger partial charge in [-0.1, -0.05) is 11.6 Å². The number of carbonyl (C=O) groups is 1. The van der Waals surface area contributed by atoms with Crippen molar-refractivity contribution < 1.29 is 9.21 Å². The summed E-state index contributed by atoms with van der Waals surface area (Å²) < 4.78 is 5.87. The highest BCUT2D eigenvalue weighted by atomic mass is 35.5. The van der Waals surface area contributed by atoms with Crippen LogP contribution in [0.15, 0.2) is 28.7 Å². The SMILES string of the molecule is Cc1cc(CNC(=O)CC2CCCN(c3nc4ccc(Cl)cc4o3)C2)n[nH]1. The molecule has 3 aromatic rings. The lowest BCUT2D eigenvalue weighted by Crippen LogP contribution is -2.38. The van der Waals surface area contributed by atoms with E-state index in [-0.39, 0.29) is 11.8 Å². The van der Waals surface area contributed by atoms with Crippen molar-refractivity contribution in [3.05, 3.63) is 40.7 Å². The Hall–Kier alpha value is -2.54. The van der Waals surface area contributed by atoms with Crippen molar-refractivity contribution in [3.8, 4) is 0 Å². The van der Waals surface area contributed by atoms with Gasteiger partial charge in [-0.2, -0.15) is 10.1 Å². The second-order valence-electron chi connectivity index (χ2n) is 7.09. The van der Waals surface area contributed by atoms with Gasteiger partial charge in [0.1, 0.15) is 5.52 Å². The molecule has 1 atom stereocenters. The van der Waals surface area contributed by atoms with Crippen LogP contribution in [0.4, 0.5) is 6.01 Å². The van der Waals surface area contributed by atoms with Crippen LogP contribution in [0.1, 0.15) is 30.7 Å². The predicted octanol–water partition coefficient (Wildman–Crippen LogP) is 3.44. The number of aromatic nitrogens is 3. The minimum absolute atomic E-state index is 0.0480. The van der Waals surface area contributed by atoms with Crippen LogP contribution in [0.25, 0.3) is 11.1 Å². The zero-order valence-electron chi connectivity index (χ0n) is 15.2. The summed E-state index contributed by atoms with van der Waals surface area (Å²) in [6.45, 7) is 4.03. The van der Waals surface area contributed by atoms with Crippen LogP contribution < -0.4 is 10.2 Å². The number of fused-ring (bicyclic) bond motifs is 1. The van der Waals surface area contributed by atoms with E-state index in [1.807, 2.05) is 19.1 Å². The highest BCUT2D eigenvalue weighted by molar-refractivity contribution is 6.31. The number of carbonyl (C=O) groups excluding carboxylic acids is 1. The molecule has 1 aliphatic rings. The summed E-state index contributed by atoms with van der Waals surface area (Å²) in [4.78, 5) is 19.0. The molecule has 8 heteroatoms. The van der Waals surface area contributed by atoms with E-state index in [9.17, 15) is 4.79 Å². The third-order valence-electron chi connectivity index (χ3n) is 4.83. The van der Waals surface area contributed by atoms with Crippen molar-refractivity contribution in [3.63, 3.8) is 0 Å². The van der Waals surface area contributed by atoms with Gasteiger partial charge in [-0.25, -0.2) is 0 Å². The summed E-state index contributed by atoms with van der Waals surface area (Å²) in [5.74, 6) is 0.324. The molecule has 0 radical (unpaired) electrons. The number of aromatic amines is 1. The van der Waals surface area contributed by atoms with Gasteiger partial charge in [-0.3, -0.25) is 9.89 Å². The average molecular weight is 388 g/mol. The molecule has 27 heavy (non-hydrogen) atoms. The number of aryl methyl sites for hydroxylation is 1. The summed E-state index contributed by atoms with van der Waals surface area (Å²) in [7, 11) is 0. The Morgan fingerprint density at radius 1 is 1.44 bits per heavy atom. The zero-order valence-corrected chi connectivity index (χ0v) is 15.9. The van der Waals surface area contributed by atoms with E-state index in [0.717, 1.165) is 42.8 Å². The van der Waals surface area contributed by atoms with Gasteiger partial charge in [0.15, 0.2) is 5.58 Å². The fraction of sp³-hybridized carbons (Fsp3) is 0.421. The van der Waals surface area contributed by atoms with E-state index in [0.29, 0.717) is 29.6 Å². The standard InChI is InChI=1S/C19H22ClN5O2/c1-12-7-15(24-23-12)10-21-18(26)8-13-3-2-6-25(11-13)19-22-16-5-4-14(20)9-17(16)27-19/h4-5,7,9,13H,2-3,6,8,10-11H2,1H3,(H,21,26)(H,23,24). The van der Waals surface area contributed by atoms with Crippen LogP contribution in [0.2, 0.25) is 5.02 Å². The zero-order chi connectivity index (χ0) is 18.8. The van der Waals surface area contributed by atoms with Gasteiger partial charge >= 0.3 is 0 Å². The molecule has 1 aliphatic heterocycles. The van der Waals surface area contributed by atoms with Crippen LogP contribution in [0.3, 0.4) is 0 Å². The van der Waals surface area contributed by atoms with Gasteiger partial charge < -0.3 is 14.6 Å². The van der Waals surface area contributed by atoms with Crippen LogP contribution in [-0.2, 0) is 11.3 Å². The number of nitrogens with one attached hydrogen (secondary N) is 2. The van der Waals surface area contributed by atoms with E-state index in [1.54, 1.807) is 12.1 Å². The first-order valence-corrected chi connectivity index (χ1v) is 9.53. The monoisotopic (exact) mass is 387 g/mol. The lowest BCUT2D eigenvalue weighted by atomic mass is 9.94. The first-order chi connectivity index (χ1) is 13.1. The Kier molecular flexibility index (Phi) is 5.03. The van der Waals surface area contributed by atoms with E-state index in [4.69, 9.17) is 16.0 Å². The van der Waals surface area contributed by atoms with Crippen molar-refractivity contribution >= 4 is 34.6 Å². The molecule has 1 aromatic carbocycles. The molecule has 7 nitrogen and oxygen atoms in total. The van der Waals surface area contributed by atoms with Gasteiger partial charge in [0, 0.05) is 36.3 Å². The number of H-pyrrole nitrogens is 1. The summed E-state index contributed by atoms with van der Waals surface area (Å²) in [5, 5.41) is 10.6. The largest absolute Gasteiger partial charge is 0.423 e. The number of rotatable bonds is 5. The second-order valence-corrected chi connectivity index (χ2v) is 7.52. The minimum atomic E-state index is 0.0480. The van der Waals surface area contributed by atoms with Crippen LogP contribution >= 0.6 is 11.6 Å². The molecule has 142 valence electrons. The number of benzene rings is 1. The van der Waals surface area contributed by atoms with Gasteiger partial charge in [-0.05, 0) is 43.9 Å². The van der Waals surface area contributed by atoms with Crippen LogP contribution in [0.5, 0.6) is 0 Å². The molecule has 0 spiro atoms. The number of halogens is 1. The molecule has 0 aliphatic carbocycles. The van der Waals surface area contributed by atoms with E-state index < -0.39 is 0 Å². The minimum Gasteiger partial charge on any atom is -0.423 e.